The molecule has 0 saturated carbocycles. The first kappa shape index (κ1) is 17.5. The lowest BCUT2D eigenvalue weighted by molar-refractivity contribution is -0.122. The van der Waals surface area contributed by atoms with Crippen molar-refractivity contribution in [1.82, 2.24) is 14.4 Å². The number of carboxylic acid groups (broad SMARTS) is 1. The summed E-state index contributed by atoms with van der Waals surface area (Å²) in [4.78, 5) is 16.2. The predicted molar refractivity (Wildman–Crippen MR) is 107 cm³/mol. The van der Waals surface area contributed by atoms with Crippen LogP contribution in [0.15, 0.2) is 79.3 Å². The molecule has 2 aromatic carbocycles. The Hall–Kier alpha value is -3.93. The van der Waals surface area contributed by atoms with Crippen LogP contribution in [-0.4, -0.2) is 25.9 Å². The molecule has 3 aromatic heterocycles. The van der Waals surface area contributed by atoms with Crippen LogP contribution >= 0.6 is 0 Å². The van der Waals surface area contributed by atoms with Crippen molar-refractivity contribution in [3.63, 3.8) is 0 Å². The molecule has 3 heterocycles. The van der Waals surface area contributed by atoms with Crippen LogP contribution in [0.25, 0.3) is 38.9 Å². The number of fused-ring (bicyclic) bond motifs is 2. The number of hydrogen-bond donors (Lipinski definition) is 2. The summed E-state index contributed by atoms with van der Waals surface area (Å²) in [6, 6.07) is 19.0. The summed E-state index contributed by atoms with van der Waals surface area (Å²) in [6.45, 7) is -0.250. The number of imidazole rings is 1. The van der Waals surface area contributed by atoms with Gasteiger partial charge in [-0.05, 0) is 52.9 Å². The third-order valence-electron chi connectivity index (χ3n) is 4.54. The van der Waals surface area contributed by atoms with Crippen LogP contribution in [0.5, 0.6) is 0 Å². The maximum absolute atomic E-state index is 13.1. The Morgan fingerprint density at radius 2 is 1.71 bits per heavy atom. The molecule has 2 N–H and O–H groups in total. The zero-order chi connectivity index (χ0) is 19.5. The van der Waals surface area contributed by atoms with Crippen LogP contribution in [0.1, 0.15) is 0 Å². The van der Waals surface area contributed by atoms with Crippen molar-refractivity contribution in [2.45, 2.75) is 0 Å². The molecule has 5 rings (SSSR count). The Kier molecular flexibility index (Phi) is 4.60. The fourth-order valence-corrected chi connectivity index (χ4v) is 3.22. The van der Waals surface area contributed by atoms with E-state index in [0.717, 1.165) is 33.5 Å². The molecule has 0 bridgehead atoms. The van der Waals surface area contributed by atoms with Crippen LogP contribution < -0.4 is 0 Å². The van der Waals surface area contributed by atoms with Crippen LogP contribution in [0.2, 0.25) is 0 Å². The first-order valence-electron chi connectivity index (χ1n) is 8.58. The van der Waals surface area contributed by atoms with E-state index in [4.69, 9.17) is 9.90 Å². The van der Waals surface area contributed by atoms with Crippen molar-refractivity contribution in [3.05, 3.63) is 85.1 Å². The minimum Gasteiger partial charge on any atom is -0.483 e. The van der Waals surface area contributed by atoms with E-state index in [-0.39, 0.29) is 12.3 Å². The predicted octanol–water partition coefficient (Wildman–Crippen LogP) is 4.99. The summed E-state index contributed by atoms with van der Waals surface area (Å²) in [6.07, 6.45) is 5.83. The molecule has 0 saturated heterocycles. The number of carbonyl (C=O) groups is 1. The highest BCUT2D eigenvalue weighted by molar-refractivity contribution is 5.84. The number of hydrogen-bond acceptors (Lipinski definition) is 2. The molecule has 0 fully saturated rings. The van der Waals surface area contributed by atoms with Crippen molar-refractivity contribution in [2.24, 2.45) is 0 Å². The van der Waals surface area contributed by atoms with Gasteiger partial charge in [-0.25, -0.2) is 9.37 Å². The molecule has 5 nitrogen and oxygen atoms in total. The maximum Gasteiger partial charge on any atom is 0.290 e. The third kappa shape index (κ3) is 3.23. The molecule has 0 atom stereocenters. The minimum atomic E-state index is -0.250. The van der Waals surface area contributed by atoms with E-state index >= 15 is 0 Å². The van der Waals surface area contributed by atoms with E-state index < -0.39 is 0 Å². The van der Waals surface area contributed by atoms with E-state index in [1.54, 1.807) is 12.1 Å². The van der Waals surface area contributed by atoms with Gasteiger partial charge < -0.3 is 10.1 Å². The Bertz CT molecular complexity index is 1260. The van der Waals surface area contributed by atoms with Crippen molar-refractivity contribution >= 4 is 23.0 Å². The van der Waals surface area contributed by atoms with Crippen LogP contribution in [0, 0.1) is 5.82 Å². The average Bonchev–Trinajstić information content (AvgIpc) is 3.35. The van der Waals surface area contributed by atoms with Crippen molar-refractivity contribution in [3.8, 4) is 22.4 Å². The second-order valence-electron chi connectivity index (χ2n) is 6.18. The number of aromatic nitrogens is 3. The van der Waals surface area contributed by atoms with Gasteiger partial charge in [-0.2, -0.15) is 0 Å². The lowest BCUT2D eigenvalue weighted by atomic mass is 10.1. The van der Waals surface area contributed by atoms with E-state index in [1.165, 1.54) is 17.5 Å². The highest BCUT2D eigenvalue weighted by atomic mass is 19.1. The third-order valence-corrected chi connectivity index (χ3v) is 4.54. The van der Waals surface area contributed by atoms with Crippen LogP contribution in [-0.2, 0) is 4.79 Å². The Morgan fingerprint density at radius 1 is 0.964 bits per heavy atom. The molecule has 0 aliphatic carbocycles. The number of pyridine rings is 1. The molecule has 0 radical (unpaired) electrons. The van der Waals surface area contributed by atoms with Crippen molar-refractivity contribution in [1.29, 1.82) is 0 Å². The zero-order valence-electron chi connectivity index (χ0n) is 14.7. The number of aromatic amines is 1. The van der Waals surface area contributed by atoms with Crippen LogP contribution in [0.4, 0.5) is 4.39 Å². The van der Waals surface area contributed by atoms with E-state index in [0.29, 0.717) is 0 Å². The fraction of sp³-hybridized carbons (Fsp3) is 0. The first-order valence-corrected chi connectivity index (χ1v) is 8.58. The van der Waals surface area contributed by atoms with Gasteiger partial charge in [0.25, 0.3) is 6.47 Å². The molecule has 0 spiro atoms. The molecular formula is C22H16FN3O2. The van der Waals surface area contributed by atoms with Gasteiger partial charge in [0.05, 0.1) is 11.9 Å². The minimum absolute atomic E-state index is 0.229. The zero-order valence-corrected chi connectivity index (χ0v) is 14.7. The molecule has 0 aliphatic heterocycles. The van der Waals surface area contributed by atoms with Gasteiger partial charge in [0.15, 0.2) is 0 Å². The summed E-state index contributed by atoms with van der Waals surface area (Å²) in [5.74, 6) is -0.229. The number of nitrogens with zero attached hydrogens (tertiary/aromatic N) is 2. The molecule has 0 aliphatic rings. The SMILES string of the molecule is Fc1ccc(-c2ccn3c(-c4ccc5cc[nH]c5c4)cnc3c2)cc1.O=CO. The maximum atomic E-state index is 13.1. The highest BCUT2D eigenvalue weighted by Crippen LogP contribution is 2.27. The number of rotatable bonds is 2. The van der Waals surface area contributed by atoms with Gasteiger partial charge in [0.2, 0.25) is 0 Å². The first-order chi connectivity index (χ1) is 13.7. The molecule has 5 aromatic rings. The van der Waals surface area contributed by atoms with Gasteiger partial charge in [0, 0.05) is 23.5 Å². The molecule has 0 unspecified atom stereocenters. The topological polar surface area (TPSA) is 70.4 Å². The van der Waals surface area contributed by atoms with E-state index in [1.807, 2.05) is 30.7 Å². The quantitative estimate of drug-likeness (QED) is 0.428. The highest BCUT2D eigenvalue weighted by Gasteiger charge is 2.08. The number of halogens is 1. The number of benzene rings is 2. The number of nitrogens with one attached hydrogen (secondary N) is 1. The van der Waals surface area contributed by atoms with Crippen LogP contribution in [0.3, 0.4) is 0 Å². The standard InChI is InChI=1S/C21H14FN3.CH2O2/c22-18-5-3-14(4-6-18)16-8-10-25-20(13-24-21(25)12-16)17-2-1-15-7-9-23-19(15)11-17;2-1-3/h1-13,23H;1H,(H,2,3). The largest absolute Gasteiger partial charge is 0.483 e. The van der Waals surface area contributed by atoms with Crippen molar-refractivity contribution < 1.29 is 14.3 Å². The van der Waals surface area contributed by atoms with Gasteiger partial charge in [-0.15, -0.1) is 0 Å². The summed E-state index contributed by atoms with van der Waals surface area (Å²) in [5.41, 5.74) is 6.11. The van der Waals surface area contributed by atoms with Gasteiger partial charge >= 0.3 is 0 Å². The Morgan fingerprint density at radius 3 is 2.50 bits per heavy atom. The fourth-order valence-electron chi connectivity index (χ4n) is 3.22. The summed E-state index contributed by atoms with van der Waals surface area (Å²) < 4.78 is 15.2. The van der Waals surface area contributed by atoms with Gasteiger partial charge in [-0.3, -0.25) is 9.20 Å². The second kappa shape index (κ2) is 7.36. The summed E-state index contributed by atoms with van der Waals surface area (Å²) >= 11 is 0. The molecular weight excluding hydrogens is 357 g/mol. The molecule has 6 heteroatoms. The second-order valence-corrected chi connectivity index (χ2v) is 6.18. The normalized spacial score (nSPS) is 10.6. The van der Waals surface area contributed by atoms with E-state index in [2.05, 4.69) is 38.6 Å². The lowest BCUT2D eigenvalue weighted by Gasteiger charge is -2.05. The van der Waals surface area contributed by atoms with Gasteiger partial charge in [0.1, 0.15) is 11.5 Å². The van der Waals surface area contributed by atoms with Crippen molar-refractivity contribution in [2.75, 3.05) is 0 Å². The Labute approximate surface area is 159 Å². The van der Waals surface area contributed by atoms with E-state index in [9.17, 15) is 4.39 Å². The molecule has 0 amide bonds. The summed E-state index contributed by atoms with van der Waals surface area (Å²) in [7, 11) is 0. The lowest BCUT2D eigenvalue weighted by Crippen LogP contribution is -1.89. The Balaban J connectivity index is 0.000000604. The smallest absolute Gasteiger partial charge is 0.290 e. The van der Waals surface area contributed by atoms with Gasteiger partial charge in [-0.1, -0.05) is 24.3 Å². The summed E-state index contributed by atoms with van der Waals surface area (Å²) in [5, 5.41) is 8.08. The molecule has 138 valence electrons. The average molecular weight is 373 g/mol. The molecule has 28 heavy (non-hydrogen) atoms. The monoisotopic (exact) mass is 373 g/mol. The number of H-pyrrole nitrogens is 1.